The molecule has 20 heavy (non-hydrogen) atoms. The third-order valence-corrected chi connectivity index (χ3v) is 3.31. The van der Waals surface area contributed by atoms with Crippen LogP contribution >= 0.6 is 15.9 Å². The van der Waals surface area contributed by atoms with Gasteiger partial charge in [-0.1, -0.05) is 5.21 Å². The summed E-state index contributed by atoms with van der Waals surface area (Å²) in [7, 11) is 0. The van der Waals surface area contributed by atoms with Crippen molar-refractivity contribution in [2.45, 2.75) is 32.9 Å². The lowest BCUT2D eigenvalue weighted by Gasteiger charge is -2.17. The molecule has 0 aliphatic carbocycles. The predicted molar refractivity (Wildman–Crippen MR) is 76.4 cm³/mol. The molecule has 7 heteroatoms. The second kappa shape index (κ2) is 5.47. The molecule has 1 aromatic heterocycles. The van der Waals surface area contributed by atoms with E-state index in [1.54, 1.807) is 10.9 Å². The smallest absolute Gasteiger partial charge is 0.149 e. The average molecular weight is 345 g/mol. The van der Waals surface area contributed by atoms with E-state index in [4.69, 9.17) is 0 Å². The van der Waals surface area contributed by atoms with E-state index in [1.807, 2.05) is 20.8 Å². The molecule has 1 N–H and O–H groups in total. The first kappa shape index (κ1) is 14.9. The minimum atomic E-state index is -0.645. The van der Waals surface area contributed by atoms with Crippen LogP contribution in [0.4, 0.5) is 14.5 Å². The van der Waals surface area contributed by atoms with Crippen molar-refractivity contribution in [3.63, 3.8) is 0 Å². The molecule has 4 nitrogen and oxygen atoms in total. The van der Waals surface area contributed by atoms with Gasteiger partial charge in [0, 0.05) is 6.07 Å². The highest BCUT2D eigenvalue weighted by atomic mass is 79.9. The summed E-state index contributed by atoms with van der Waals surface area (Å²) in [5.41, 5.74) is 0.735. The summed E-state index contributed by atoms with van der Waals surface area (Å²) < 4.78 is 28.6. The van der Waals surface area contributed by atoms with Gasteiger partial charge in [-0.3, -0.25) is 0 Å². The van der Waals surface area contributed by atoms with Crippen LogP contribution in [0, 0.1) is 11.6 Å². The van der Waals surface area contributed by atoms with Gasteiger partial charge in [0.05, 0.1) is 28.4 Å². The van der Waals surface area contributed by atoms with Crippen molar-refractivity contribution in [1.29, 1.82) is 0 Å². The quantitative estimate of drug-likeness (QED) is 0.863. The lowest BCUT2D eigenvalue weighted by atomic mass is 10.1. The lowest BCUT2D eigenvalue weighted by Crippen LogP contribution is -2.22. The third kappa shape index (κ3) is 3.33. The van der Waals surface area contributed by atoms with Gasteiger partial charge in [0.2, 0.25) is 0 Å². The van der Waals surface area contributed by atoms with Crippen molar-refractivity contribution in [3.05, 3.63) is 40.1 Å². The van der Waals surface area contributed by atoms with E-state index in [1.165, 1.54) is 6.07 Å². The number of aromatic nitrogens is 3. The summed E-state index contributed by atoms with van der Waals surface area (Å²) in [5.74, 6) is -1.28. The van der Waals surface area contributed by atoms with E-state index in [0.29, 0.717) is 12.2 Å². The lowest BCUT2D eigenvalue weighted by molar-refractivity contribution is 0.347. The zero-order valence-corrected chi connectivity index (χ0v) is 13.0. The highest BCUT2D eigenvalue weighted by Gasteiger charge is 2.15. The maximum absolute atomic E-state index is 13.6. The topological polar surface area (TPSA) is 42.7 Å². The Kier molecular flexibility index (Phi) is 4.08. The zero-order chi connectivity index (χ0) is 14.9. The molecule has 0 radical (unpaired) electrons. The van der Waals surface area contributed by atoms with Gasteiger partial charge < -0.3 is 5.32 Å². The third-order valence-electron chi connectivity index (χ3n) is 2.70. The second-order valence-electron chi connectivity index (χ2n) is 5.42. The first-order valence-electron chi connectivity index (χ1n) is 6.07. The summed E-state index contributed by atoms with van der Waals surface area (Å²) >= 11 is 3.02. The number of benzene rings is 1. The van der Waals surface area contributed by atoms with Gasteiger partial charge in [0.1, 0.15) is 17.3 Å². The number of halogens is 3. The van der Waals surface area contributed by atoms with Gasteiger partial charge in [-0.05, 0) is 42.8 Å². The SMILES string of the molecule is CC(C)(C)n1cc(CNc2cc(Br)c(F)cc2F)nn1. The fraction of sp³-hybridized carbons (Fsp3) is 0.385. The van der Waals surface area contributed by atoms with Crippen LogP contribution in [0.2, 0.25) is 0 Å². The first-order valence-corrected chi connectivity index (χ1v) is 6.87. The van der Waals surface area contributed by atoms with Crippen LogP contribution in [0.1, 0.15) is 26.5 Å². The van der Waals surface area contributed by atoms with E-state index >= 15 is 0 Å². The molecule has 0 aliphatic heterocycles. The normalized spacial score (nSPS) is 11.7. The van der Waals surface area contributed by atoms with Crippen molar-refractivity contribution < 1.29 is 8.78 Å². The van der Waals surface area contributed by atoms with Gasteiger partial charge in [-0.2, -0.15) is 0 Å². The highest BCUT2D eigenvalue weighted by Crippen LogP contribution is 2.24. The Labute approximate surface area is 124 Å². The van der Waals surface area contributed by atoms with Crippen LogP contribution in [0.5, 0.6) is 0 Å². The van der Waals surface area contributed by atoms with Crippen molar-refractivity contribution >= 4 is 21.6 Å². The molecule has 1 heterocycles. The molecular formula is C13H15BrF2N4. The van der Waals surface area contributed by atoms with Crippen LogP contribution in [-0.2, 0) is 12.1 Å². The average Bonchev–Trinajstić information content (AvgIpc) is 2.80. The molecule has 0 saturated heterocycles. The molecule has 0 aliphatic rings. The maximum Gasteiger partial charge on any atom is 0.149 e. The van der Waals surface area contributed by atoms with E-state index in [0.717, 1.165) is 6.07 Å². The number of hydrogen-bond donors (Lipinski definition) is 1. The number of nitrogens with zero attached hydrogens (tertiary/aromatic N) is 3. The van der Waals surface area contributed by atoms with Crippen LogP contribution < -0.4 is 5.32 Å². The van der Waals surface area contributed by atoms with Crippen LogP contribution in [-0.4, -0.2) is 15.0 Å². The fourth-order valence-electron chi connectivity index (χ4n) is 1.55. The van der Waals surface area contributed by atoms with Crippen molar-refractivity contribution in [2.75, 3.05) is 5.32 Å². The van der Waals surface area contributed by atoms with E-state index in [2.05, 4.69) is 31.6 Å². The van der Waals surface area contributed by atoms with E-state index < -0.39 is 11.6 Å². The first-order chi connectivity index (χ1) is 9.27. The van der Waals surface area contributed by atoms with Gasteiger partial charge in [0.15, 0.2) is 0 Å². The molecular weight excluding hydrogens is 330 g/mol. The van der Waals surface area contributed by atoms with Gasteiger partial charge >= 0.3 is 0 Å². The van der Waals surface area contributed by atoms with Gasteiger partial charge in [0.25, 0.3) is 0 Å². The molecule has 0 atom stereocenters. The summed E-state index contributed by atoms with van der Waals surface area (Å²) in [6, 6.07) is 2.19. The minimum Gasteiger partial charge on any atom is -0.377 e. The Hall–Kier alpha value is -1.50. The van der Waals surface area contributed by atoms with E-state index in [9.17, 15) is 8.78 Å². The number of anilines is 1. The van der Waals surface area contributed by atoms with E-state index in [-0.39, 0.29) is 15.7 Å². The zero-order valence-electron chi connectivity index (χ0n) is 11.4. The Balaban J connectivity index is 2.09. The predicted octanol–water partition coefficient (Wildman–Crippen LogP) is 3.69. The Morgan fingerprint density at radius 3 is 2.55 bits per heavy atom. The van der Waals surface area contributed by atoms with Crippen LogP contribution in [0.25, 0.3) is 0 Å². The van der Waals surface area contributed by atoms with Crippen molar-refractivity contribution in [2.24, 2.45) is 0 Å². The molecule has 0 bridgehead atoms. The molecule has 0 amide bonds. The molecule has 2 rings (SSSR count). The van der Waals surface area contributed by atoms with Crippen LogP contribution in [0.3, 0.4) is 0 Å². The summed E-state index contributed by atoms with van der Waals surface area (Å²) in [6.45, 7) is 6.34. The minimum absolute atomic E-state index is 0.157. The van der Waals surface area contributed by atoms with Crippen molar-refractivity contribution in [3.8, 4) is 0 Å². The number of hydrogen-bond acceptors (Lipinski definition) is 3. The molecule has 0 fully saturated rings. The Bertz CT molecular complexity index is 619. The largest absolute Gasteiger partial charge is 0.377 e. The second-order valence-corrected chi connectivity index (χ2v) is 6.28. The number of rotatable bonds is 3. The Morgan fingerprint density at radius 1 is 1.25 bits per heavy atom. The molecule has 108 valence electrons. The standard InChI is InChI=1S/C13H15BrF2N4/c1-13(2,3)20-7-8(18-19-20)6-17-12-4-9(14)10(15)5-11(12)16/h4-5,7,17H,6H2,1-3H3. The molecule has 2 aromatic rings. The van der Waals surface area contributed by atoms with Crippen LogP contribution in [0.15, 0.2) is 22.8 Å². The molecule has 0 unspecified atom stereocenters. The number of nitrogens with one attached hydrogen (secondary N) is 1. The fourth-order valence-corrected chi connectivity index (χ4v) is 1.89. The summed E-state index contributed by atoms with van der Waals surface area (Å²) in [4.78, 5) is 0. The van der Waals surface area contributed by atoms with Gasteiger partial charge in [-0.15, -0.1) is 5.10 Å². The highest BCUT2D eigenvalue weighted by molar-refractivity contribution is 9.10. The van der Waals surface area contributed by atoms with Gasteiger partial charge in [-0.25, -0.2) is 13.5 Å². The van der Waals surface area contributed by atoms with Crippen molar-refractivity contribution in [1.82, 2.24) is 15.0 Å². The Morgan fingerprint density at radius 2 is 1.95 bits per heavy atom. The molecule has 0 saturated carbocycles. The molecule has 0 spiro atoms. The monoisotopic (exact) mass is 344 g/mol. The summed E-state index contributed by atoms with van der Waals surface area (Å²) in [6.07, 6.45) is 1.80. The summed E-state index contributed by atoms with van der Waals surface area (Å²) in [5, 5.41) is 10.9. The molecule has 1 aromatic carbocycles. The maximum atomic E-state index is 13.6.